The Hall–Kier alpha value is -2.37. The first-order chi connectivity index (χ1) is 12.1. The lowest BCUT2D eigenvalue weighted by Gasteiger charge is -2.26. The molecule has 2 atom stereocenters. The lowest BCUT2D eigenvalue weighted by Crippen LogP contribution is -2.30. The second-order valence-corrected chi connectivity index (χ2v) is 7.04. The van der Waals surface area contributed by atoms with E-state index in [4.69, 9.17) is 9.72 Å². The predicted octanol–water partition coefficient (Wildman–Crippen LogP) is 3.00. The molecule has 1 fully saturated rings. The highest BCUT2D eigenvalue weighted by molar-refractivity contribution is 5.86. The van der Waals surface area contributed by atoms with Crippen LogP contribution in [0.3, 0.4) is 0 Å². The van der Waals surface area contributed by atoms with Crippen LogP contribution in [-0.2, 0) is 0 Å². The number of benzene rings is 2. The van der Waals surface area contributed by atoms with Gasteiger partial charge in [0.1, 0.15) is 30.2 Å². The van der Waals surface area contributed by atoms with E-state index in [2.05, 4.69) is 23.6 Å². The van der Waals surface area contributed by atoms with E-state index in [0.29, 0.717) is 17.2 Å². The lowest BCUT2D eigenvalue weighted by atomic mass is 10.0. The number of hydrogen-bond donors (Lipinski definition) is 2. The Balaban J connectivity index is 1.80. The number of rotatable bonds is 2. The standard InChI is InChI=1S/C20H20N2O3/c1-11-4-2-3-5-14(11)22-15-9-8-13-18(24)16(23)10-25-19(13)17(15)21-20(22)12-6-7-12/h2-5,8-9,12,16,18,23-24H,6-7,10H2,1H3/t16-,18+/m0/s1. The normalized spacial score (nSPS) is 22.7. The molecule has 0 unspecified atom stereocenters. The number of aliphatic hydroxyl groups excluding tert-OH is 2. The number of para-hydroxylation sites is 1. The van der Waals surface area contributed by atoms with Gasteiger partial charge in [-0.25, -0.2) is 4.98 Å². The largest absolute Gasteiger partial charge is 0.488 e. The lowest BCUT2D eigenvalue weighted by molar-refractivity contribution is -0.0249. The van der Waals surface area contributed by atoms with E-state index in [0.717, 1.165) is 35.4 Å². The maximum atomic E-state index is 10.3. The van der Waals surface area contributed by atoms with E-state index in [9.17, 15) is 10.2 Å². The van der Waals surface area contributed by atoms with Crippen LogP contribution in [0.25, 0.3) is 16.7 Å². The molecule has 25 heavy (non-hydrogen) atoms. The summed E-state index contributed by atoms with van der Waals surface area (Å²) in [5, 5.41) is 20.2. The fourth-order valence-corrected chi connectivity index (χ4v) is 3.69. The monoisotopic (exact) mass is 336 g/mol. The Morgan fingerprint density at radius 1 is 1.12 bits per heavy atom. The molecule has 2 aliphatic rings. The van der Waals surface area contributed by atoms with Crippen molar-refractivity contribution >= 4 is 11.0 Å². The van der Waals surface area contributed by atoms with Crippen molar-refractivity contribution in [2.24, 2.45) is 0 Å². The molecule has 0 saturated heterocycles. The van der Waals surface area contributed by atoms with Crippen molar-refractivity contribution in [2.75, 3.05) is 6.61 Å². The van der Waals surface area contributed by atoms with Crippen molar-refractivity contribution in [3.05, 3.63) is 53.3 Å². The van der Waals surface area contributed by atoms with Crippen LogP contribution in [0.5, 0.6) is 5.75 Å². The number of aliphatic hydroxyl groups is 2. The van der Waals surface area contributed by atoms with Gasteiger partial charge in [0.2, 0.25) is 0 Å². The molecule has 2 aromatic carbocycles. The van der Waals surface area contributed by atoms with Crippen molar-refractivity contribution < 1.29 is 14.9 Å². The minimum Gasteiger partial charge on any atom is -0.488 e. The Morgan fingerprint density at radius 2 is 1.92 bits per heavy atom. The molecule has 5 heteroatoms. The fourth-order valence-electron chi connectivity index (χ4n) is 3.69. The number of imidazole rings is 1. The molecule has 0 amide bonds. The molecule has 3 aromatic rings. The van der Waals surface area contributed by atoms with E-state index < -0.39 is 12.2 Å². The van der Waals surface area contributed by atoms with Crippen LogP contribution in [0.15, 0.2) is 36.4 Å². The van der Waals surface area contributed by atoms with Gasteiger partial charge in [0.25, 0.3) is 0 Å². The minimum absolute atomic E-state index is 0.0866. The molecule has 128 valence electrons. The highest BCUT2D eigenvalue weighted by Crippen LogP contribution is 2.45. The van der Waals surface area contributed by atoms with Crippen LogP contribution in [-0.4, -0.2) is 32.5 Å². The fraction of sp³-hybridized carbons (Fsp3) is 0.350. The summed E-state index contributed by atoms with van der Waals surface area (Å²) in [4.78, 5) is 4.91. The molecular weight excluding hydrogens is 316 g/mol. The van der Waals surface area contributed by atoms with Crippen LogP contribution in [0.2, 0.25) is 0 Å². The maximum Gasteiger partial charge on any atom is 0.153 e. The number of fused-ring (bicyclic) bond motifs is 3. The van der Waals surface area contributed by atoms with E-state index in [1.54, 1.807) is 0 Å². The number of aromatic nitrogens is 2. The average Bonchev–Trinajstić information content (AvgIpc) is 3.39. The SMILES string of the molecule is Cc1ccccc1-n1c(C2CC2)nc2c3c(ccc21)[C@@H](O)[C@@H](O)CO3. The number of aryl methyl sites for hydroxylation is 1. The zero-order chi connectivity index (χ0) is 17.1. The summed E-state index contributed by atoms with van der Waals surface area (Å²) in [5.41, 5.74) is 4.69. The molecule has 0 radical (unpaired) electrons. The van der Waals surface area contributed by atoms with Crippen molar-refractivity contribution in [1.29, 1.82) is 0 Å². The van der Waals surface area contributed by atoms with Gasteiger partial charge in [-0.15, -0.1) is 0 Å². The molecular formula is C20H20N2O3. The molecule has 5 nitrogen and oxygen atoms in total. The number of nitrogens with zero attached hydrogens (tertiary/aromatic N) is 2. The zero-order valence-electron chi connectivity index (χ0n) is 14.0. The third kappa shape index (κ3) is 2.19. The molecule has 1 aromatic heterocycles. The van der Waals surface area contributed by atoms with Crippen LogP contribution in [0.4, 0.5) is 0 Å². The summed E-state index contributed by atoms with van der Waals surface area (Å²) in [5.74, 6) is 2.13. The van der Waals surface area contributed by atoms with Gasteiger partial charge in [-0.1, -0.05) is 24.3 Å². The second kappa shape index (κ2) is 5.31. The topological polar surface area (TPSA) is 67.5 Å². The van der Waals surface area contributed by atoms with E-state index >= 15 is 0 Å². The van der Waals surface area contributed by atoms with Gasteiger partial charge in [0.05, 0.1) is 11.2 Å². The van der Waals surface area contributed by atoms with Gasteiger partial charge in [-0.2, -0.15) is 0 Å². The highest BCUT2D eigenvalue weighted by Gasteiger charge is 2.34. The van der Waals surface area contributed by atoms with Gasteiger partial charge in [-0.05, 0) is 37.5 Å². The highest BCUT2D eigenvalue weighted by atomic mass is 16.5. The van der Waals surface area contributed by atoms with Crippen LogP contribution < -0.4 is 4.74 Å². The maximum absolute atomic E-state index is 10.3. The smallest absolute Gasteiger partial charge is 0.153 e. The van der Waals surface area contributed by atoms with E-state index in [-0.39, 0.29) is 6.61 Å². The number of hydrogen-bond acceptors (Lipinski definition) is 4. The predicted molar refractivity (Wildman–Crippen MR) is 94.2 cm³/mol. The molecule has 1 aliphatic carbocycles. The van der Waals surface area contributed by atoms with Gasteiger partial charge < -0.3 is 14.9 Å². The Bertz CT molecular complexity index is 974. The molecule has 0 spiro atoms. The first kappa shape index (κ1) is 14.9. The Labute approximate surface area is 145 Å². The Kier molecular flexibility index (Phi) is 3.17. The van der Waals surface area contributed by atoms with Crippen molar-refractivity contribution in [2.45, 2.75) is 37.9 Å². The van der Waals surface area contributed by atoms with Gasteiger partial charge in [0, 0.05) is 11.5 Å². The molecule has 0 bridgehead atoms. The second-order valence-electron chi connectivity index (χ2n) is 7.04. The third-order valence-electron chi connectivity index (χ3n) is 5.22. The van der Waals surface area contributed by atoms with Crippen LogP contribution in [0.1, 0.15) is 41.8 Å². The average molecular weight is 336 g/mol. The summed E-state index contributed by atoms with van der Waals surface area (Å²) >= 11 is 0. The van der Waals surface area contributed by atoms with Crippen molar-refractivity contribution in [1.82, 2.24) is 9.55 Å². The first-order valence-corrected chi connectivity index (χ1v) is 8.75. The van der Waals surface area contributed by atoms with Crippen molar-refractivity contribution in [3.63, 3.8) is 0 Å². The quantitative estimate of drug-likeness (QED) is 0.755. The van der Waals surface area contributed by atoms with Crippen LogP contribution in [0, 0.1) is 6.92 Å². The van der Waals surface area contributed by atoms with E-state index in [1.165, 1.54) is 5.56 Å². The summed E-state index contributed by atoms with van der Waals surface area (Å²) < 4.78 is 7.99. The summed E-state index contributed by atoms with van der Waals surface area (Å²) in [7, 11) is 0. The molecule has 1 saturated carbocycles. The summed E-state index contributed by atoms with van der Waals surface area (Å²) in [6, 6.07) is 12.1. The molecule has 2 heterocycles. The molecule has 1 aliphatic heterocycles. The number of ether oxygens (including phenoxy) is 1. The van der Waals surface area contributed by atoms with Gasteiger partial charge in [0.15, 0.2) is 5.75 Å². The molecule has 2 N–H and O–H groups in total. The summed E-state index contributed by atoms with van der Waals surface area (Å²) in [6.07, 6.45) is 0.478. The summed E-state index contributed by atoms with van der Waals surface area (Å²) in [6.45, 7) is 2.19. The minimum atomic E-state index is -0.930. The Morgan fingerprint density at radius 3 is 2.68 bits per heavy atom. The first-order valence-electron chi connectivity index (χ1n) is 8.75. The van der Waals surface area contributed by atoms with Crippen molar-refractivity contribution in [3.8, 4) is 11.4 Å². The van der Waals surface area contributed by atoms with Gasteiger partial charge in [-0.3, -0.25) is 4.57 Å². The van der Waals surface area contributed by atoms with Crippen LogP contribution >= 0.6 is 0 Å². The zero-order valence-corrected chi connectivity index (χ0v) is 14.0. The third-order valence-corrected chi connectivity index (χ3v) is 5.22. The van der Waals surface area contributed by atoms with E-state index in [1.807, 2.05) is 24.3 Å². The molecule has 5 rings (SSSR count). The van der Waals surface area contributed by atoms with Gasteiger partial charge >= 0.3 is 0 Å².